The molecule has 1 saturated heterocycles. The zero-order chi connectivity index (χ0) is 18.9. The summed E-state index contributed by atoms with van der Waals surface area (Å²) >= 11 is 1.77. The van der Waals surface area contributed by atoms with Crippen molar-refractivity contribution in [2.45, 2.75) is 19.9 Å². The van der Waals surface area contributed by atoms with Gasteiger partial charge in [0.1, 0.15) is 17.4 Å². The van der Waals surface area contributed by atoms with Crippen molar-refractivity contribution < 1.29 is 4.74 Å². The summed E-state index contributed by atoms with van der Waals surface area (Å²) < 4.78 is 5.81. The summed E-state index contributed by atoms with van der Waals surface area (Å²) in [5, 5.41) is 4.57. The highest BCUT2D eigenvalue weighted by molar-refractivity contribution is 7.11. The molecular formula is C20H29N5OS. The van der Waals surface area contributed by atoms with Gasteiger partial charge in [-0.15, -0.1) is 11.3 Å². The Bertz CT molecular complexity index is 710. The maximum Gasteiger partial charge on any atom is 0.194 e. The first-order valence-electron chi connectivity index (χ1n) is 9.58. The van der Waals surface area contributed by atoms with E-state index in [9.17, 15) is 0 Å². The van der Waals surface area contributed by atoms with Crippen LogP contribution in [0.1, 0.15) is 16.8 Å². The smallest absolute Gasteiger partial charge is 0.194 e. The van der Waals surface area contributed by atoms with E-state index >= 15 is 0 Å². The molecule has 0 amide bonds. The zero-order valence-corrected chi connectivity index (χ0v) is 17.0. The number of nitrogens with one attached hydrogen (secondary N) is 1. The summed E-state index contributed by atoms with van der Waals surface area (Å²) in [4.78, 5) is 15.0. The number of benzene rings is 1. The van der Waals surface area contributed by atoms with Crippen molar-refractivity contribution in [1.82, 2.24) is 20.1 Å². The number of thiazole rings is 1. The largest absolute Gasteiger partial charge is 0.492 e. The lowest BCUT2D eigenvalue weighted by Crippen LogP contribution is -2.52. The Morgan fingerprint density at radius 3 is 2.67 bits per heavy atom. The van der Waals surface area contributed by atoms with Crippen LogP contribution in [0.3, 0.4) is 0 Å². The minimum Gasteiger partial charge on any atom is -0.492 e. The lowest BCUT2D eigenvalue weighted by atomic mass is 10.3. The summed E-state index contributed by atoms with van der Waals surface area (Å²) in [7, 11) is 1.85. The van der Waals surface area contributed by atoms with E-state index in [1.807, 2.05) is 43.6 Å². The average molecular weight is 388 g/mol. The molecule has 146 valence electrons. The molecule has 0 bridgehead atoms. The van der Waals surface area contributed by atoms with Gasteiger partial charge in [-0.1, -0.05) is 25.1 Å². The van der Waals surface area contributed by atoms with E-state index in [1.165, 1.54) is 4.88 Å². The fourth-order valence-corrected chi connectivity index (χ4v) is 3.87. The highest BCUT2D eigenvalue weighted by atomic mass is 32.1. The van der Waals surface area contributed by atoms with Gasteiger partial charge in [-0.2, -0.15) is 0 Å². The molecule has 1 N–H and O–H groups in total. The molecule has 0 aliphatic carbocycles. The Morgan fingerprint density at radius 2 is 2.00 bits per heavy atom. The van der Waals surface area contributed by atoms with Crippen molar-refractivity contribution in [3.8, 4) is 5.75 Å². The van der Waals surface area contributed by atoms with Crippen LogP contribution in [0.5, 0.6) is 5.75 Å². The van der Waals surface area contributed by atoms with Crippen molar-refractivity contribution in [2.75, 3.05) is 46.4 Å². The van der Waals surface area contributed by atoms with Crippen LogP contribution >= 0.6 is 11.3 Å². The standard InChI is InChI=1S/C20H29N5OS/c1-3-18-15-22-19(27-18)16-23-20(21-2)25-11-9-24(10-12-25)13-14-26-17-7-5-4-6-8-17/h4-8,15H,3,9-14,16H2,1-2H3,(H,21,23). The van der Waals surface area contributed by atoms with E-state index in [0.717, 1.165) is 69.0 Å². The fourth-order valence-electron chi connectivity index (χ4n) is 3.07. The number of guanidine groups is 1. The van der Waals surface area contributed by atoms with Gasteiger partial charge in [-0.05, 0) is 18.6 Å². The van der Waals surface area contributed by atoms with E-state index in [-0.39, 0.29) is 0 Å². The van der Waals surface area contributed by atoms with Crippen molar-refractivity contribution in [1.29, 1.82) is 0 Å². The number of aliphatic imine (C=N–C) groups is 1. The molecule has 2 aromatic rings. The second-order valence-corrected chi connectivity index (χ2v) is 7.66. The molecular weight excluding hydrogens is 358 g/mol. The molecule has 27 heavy (non-hydrogen) atoms. The molecule has 0 saturated carbocycles. The van der Waals surface area contributed by atoms with Crippen molar-refractivity contribution >= 4 is 17.3 Å². The van der Waals surface area contributed by atoms with E-state index in [0.29, 0.717) is 0 Å². The summed E-state index contributed by atoms with van der Waals surface area (Å²) in [6, 6.07) is 10.0. The molecule has 7 heteroatoms. The van der Waals surface area contributed by atoms with Crippen LogP contribution in [0, 0.1) is 0 Å². The summed E-state index contributed by atoms with van der Waals surface area (Å²) in [5.74, 6) is 1.90. The van der Waals surface area contributed by atoms with E-state index in [4.69, 9.17) is 4.74 Å². The van der Waals surface area contributed by atoms with Crippen molar-refractivity contribution in [3.05, 3.63) is 46.4 Å². The van der Waals surface area contributed by atoms with E-state index < -0.39 is 0 Å². The van der Waals surface area contributed by atoms with Gasteiger partial charge >= 0.3 is 0 Å². The Kier molecular flexibility index (Phi) is 7.47. The Morgan fingerprint density at radius 1 is 1.22 bits per heavy atom. The molecule has 1 aromatic carbocycles. The molecule has 1 aliphatic rings. The lowest BCUT2D eigenvalue weighted by molar-refractivity contribution is 0.152. The molecule has 0 unspecified atom stereocenters. The summed E-state index contributed by atoms with van der Waals surface area (Å²) in [5.41, 5.74) is 0. The van der Waals surface area contributed by atoms with Gasteiger partial charge < -0.3 is 15.0 Å². The SMILES string of the molecule is CCc1cnc(CNC(=NC)N2CCN(CCOc3ccccc3)CC2)s1. The van der Waals surface area contributed by atoms with Crippen molar-refractivity contribution in [2.24, 2.45) is 4.99 Å². The predicted octanol–water partition coefficient (Wildman–Crippen LogP) is 2.48. The number of hydrogen-bond acceptors (Lipinski definition) is 5. The highest BCUT2D eigenvalue weighted by Gasteiger charge is 2.19. The number of ether oxygens (including phenoxy) is 1. The number of para-hydroxylation sites is 1. The first-order chi connectivity index (χ1) is 13.3. The first-order valence-corrected chi connectivity index (χ1v) is 10.4. The third-order valence-corrected chi connectivity index (χ3v) is 5.79. The predicted molar refractivity (Wildman–Crippen MR) is 112 cm³/mol. The second-order valence-electron chi connectivity index (χ2n) is 6.46. The maximum absolute atomic E-state index is 5.81. The number of hydrogen-bond donors (Lipinski definition) is 1. The highest BCUT2D eigenvalue weighted by Crippen LogP contribution is 2.13. The number of piperazine rings is 1. The zero-order valence-electron chi connectivity index (χ0n) is 16.2. The summed E-state index contributed by atoms with van der Waals surface area (Å²) in [6.07, 6.45) is 3.02. The fraction of sp³-hybridized carbons (Fsp3) is 0.500. The first kappa shape index (κ1) is 19.6. The number of nitrogens with zero attached hydrogens (tertiary/aromatic N) is 4. The molecule has 0 atom stereocenters. The van der Waals surface area contributed by atoms with Crippen molar-refractivity contribution in [3.63, 3.8) is 0 Å². The van der Waals surface area contributed by atoms with E-state index in [2.05, 4.69) is 32.0 Å². The molecule has 1 fully saturated rings. The third kappa shape index (κ3) is 5.94. The summed E-state index contributed by atoms with van der Waals surface area (Å²) in [6.45, 7) is 8.57. The van der Waals surface area contributed by atoms with Gasteiger partial charge in [-0.3, -0.25) is 9.89 Å². The van der Waals surface area contributed by atoms with Crippen LogP contribution in [0.15, 0.2) is 41.5 Å². The molecule has 2 heterocycles. The lowest BCUT2D eigenvalue weighted by Gasteiger charge is -2.36. The second kappa shape index (κ2) is 10.3. The van der Waals surface area contributed by atoms with Gasteiger partial charge in [0.25, 0.3) is 0 Å². The number of aryl methyl sites for hydroxylation is 1. The van der Waals surface area contributed by atoms with Gasteiger partial charge in [0.05, 0.1) is 6.54 Å². The molecule has 1 aliphatic heterocycles. The van der Waals surface area contributed by atoms with Gasteiger partial charge in [-0.25, -0.2) is 4.98 Å². The van der Waals surface area contributed by atoms with Crippen LogP contribution < -0.4 is 10.1 Å². The van der Waals surface area contributed by atoms with Gasteiger partial charge in [0.15, 0.2) is 5.96 Å². The van der Waals surface area contributed by atoms with Crippen LogP contribution in [-0.2, 0) is 13.0 Å². The Labute approximate surface area is 165 Å². The Hall–Kier alpha value is -2.12. The third-order valence-electron chi connectivity index (χ3n) is 4.65. The monoisotopic (exact) mass is 387 g/mol. The molecule has 3 rings (SSSR count). The Balaban J connectivity index is 1.38. The molecule has 1 aromatic heterocycles. The minimum atomic E-state index is 0.723. The topological polar surface area (TPSA) is 53.0 Å². The maximum atomic E-state index is 5.81. The molecule has 6 nitrogen and oxygen atoms in total. The quantitative estimate of drug-likeness (QED) is 0.584. The number of aromatic nitrogens is 1. The van der Waals surface area contributed by atoms with Crippen LogP contribution in [0.2, 0.25) is 0 Å². The normalized spacial score (nSPS) is 15.8. The van der Waals surface area contributed by atoms with E-state index in [1.54, 1.807) is 11.3 Å². The average Bonchev–Trinajstić information content (AvgIpc) is 3.18. The number of rotatable bonds is 7. The van der Waals surface area contributed by atoms with Crippen LogP contribution in [0.25, 0.3) is 0 Å². The molecule has 0 radical (unpaired) electrons. The van der Waals surface area contributed by atoms with Gasteiger partial charge in [0.2, 0.25) is 0 Å². The van der Waals surface area contributed by atoms with Crippen LogP contribution in [-0.4, -0.2) is 67.1 Å². The van der Waals surface area contributed by atoms with Crippen LogP contribution in [0.4, 0.5) is 0 Å². The van der Waals surface area contributed by atoms with Gasteiger partial charge in [0, 0.05) is 50.8 Å². The minimum absolute atomic E-state index is 0.723. The molecule has 0 spiro atoms.